The molecule has 7 heteroatoms. The molecule has 2 atom stereocenters. The molecular formula is C19H28N2O4S. The maximum absolute atomic E-state index is 13.1. The molecule has 0 aliphatic carbocycles. The summed E-state index contributed by atoms with van der Waals surface area (Å²) in [5.74, 6) is -0.124. The van der Waals surface area contributed by atoms with Crippen LogP contribution >= 0.6 is 0 Å². The molecule has 0 bridgehead atoms. The van der Waals surface area contributed by atoms with Crippen molar-refractivity contribution in [1.82, 2.24) is 9.21 Å². The van der Waals surface area contributed by atoms with E-state index in [9.17, 15) is 13.2 Å². The Morgan fingerprint density at radius 3 is 2.54 bits per heavy atom. The Morgan fingerprint density at radius 2 is 1.85 bits per heavy atom. The molecule has 0 N–H and O–H groups in total. The van der Waals surface area contributed by atoms with E-state index in [1.54, 1.807) is 23.1 Å². The lowest BCUT2D eigenvalue weighted by Gasteiger charge is -2.37. The number of hydrogen-bond donors (Lipinski definition) is 0. The Balaban J connectivity index is 1.91. The zero-order chi connectivity index (χ0) is 18.9. The molecule has 1 aromatic carbocycles. The molecule has 2 aliphatic rings. The van der Waals surface area contributed by atoms with Crippen LogP contribution in [0, 0.1) is 6.92 Å². The molecule has 2 fully saturated rings. The average molecular weight is 381 g/mol. The van der Waals surface area contributed by atoms with Crippen molar-refractivity contribution in [2.45, 2.75) is 57.1 Å². The highest BCUT2D eigenvalue weighted by atomic mass is 32.2. The van der Waals surface area contributed by atoms with Gasteiger partial charge in [0.05, 0.1) is 23.6 Å². The van der Waals surface area contributed by atoms with Crippen LogP contribution < -0.4 is 0 Å². The molecule has 2 saturated heterocycles. The molecule has 0 radical (unpaired) electrons. The van der Waals surface area contributed by atoms with Gasteiger partial charge in [-0.1, -0.05) is 12.5 Å². The van der Waals surface area contributed by atoms with Crippen molar-refractivity contribution in [3.8, 4) is 0 Å². The van der Waals surface area contributed by atoms with Crippen molar-refractivity contribution in [2.24, 2.45) is 0 Å². The summed E-state index contributed by atoms with van der Waals surface area (Å²) in [4.78, 5) is 15.1. The molecule has 26 heavy (non-hydrogen) atoms. The van der Waals surface area contributed by atoms with Crippen LogP contribution in [0.4, 0.5) is 0 Å². The van der Waals surface area contributed by atoms with Gasteiger partial charge in [-0.25, -0.2) is 8.42 Å². The van der Waals surface area contributed by atoms with Gasteiger partial charge in [0, 0.05) is 25.2 Å². The van der Waals surface area contributed by atoms with Gasteiger partial charge in [-0.05, 0) is 51.3 Å². The number of amides is 1. The normalized spacial score (nSPS) is 25.3. The van der Waals surface area contributed by atoms with E-state index in [4.69, 9.17) is 4.74 Å². The number of hydrogen-bond acceptors (Lipinski definition) is 4. The van der Waals surface area contributed by atoms with Crippen LogP contribution in [-0.4, -0.2) is 61.9 Å². The van der Waals surface area contributed by atoms with E-state index in [2.05, 4.69) is 0 Å². The third-order valence-electron chi connectivity index (χ3n) is 5.26. The minimum absolute atomic E-state index is 0.0179. The van der Waals surface area contributed by atoms with E-state index >= 15 is 0 Å². The number of sulfonamides is 1. The molecule has 0 spiro atoms. The first-order chi connectivity index (χ1) is 12.3. The van der Waals surface area contributed by atoms with Crippen molar-refractivity contribution >= 4 is 15.9 Å². The van der Waals surface area contributed by atoms with E-state index in [1.807, 2.05) is 20.8 Å². The standard InChI is InChI=1S/C19H28N2O4S/c1-14-7-8-17(26(23,24)20-9-5-4-6-10-20)11-18(14)19(22)21-12-16(3)25-13-15(21)2/h7-8,11,15-16H,4-6,9-10,12-13H2,1-3H3. The molecule has 1 aromatic rings. The topological polar surface area (TPSA) is 66.9 Å². The van der Waals surface area contributed by atoms with Crippen LogP contribution in [-0.2, 0) is 14.8 Å². The Hall–Kier alpha value is -1.44. The van der Waals surface area contributed by atoms with Crippen LogP contribution in [0.3, 0.4) is 0 Å². The monoisotopic (exact) mass is 380 g/mol. The Kier molecular flexibility index (Phi) is 5.69. The predicted octanol–water partition coefficient (Wildman–Crippen LogP) is 2.42. The van der Waals surface area contributed by atoms with Crippen molar-refractivity contribution in [3.05, 3.63) is 29.3 Å². The second kappa shape index (κ2) is 7.66. The number of carbonyl (C=O) groups is 1. The maximum atomic E-state index is 13.1. The highest BCUT2D eigenvalue weighted by Gasteiger charge is 2.31. The predicted molar refractivity (Wildman–Crippen MR) is 99.7 cm³/mol. The second-order valence-corrected chi connectivity index (χ2v) is 9.33. The summed E-state index contributed by atoms with van der Waals surface area (Å²) >= 11 is 0. The minimum Gasteiger partial charge on any atom is -0.375 e. The Morgan fingerprint density at radius 1 is 1.15 bits per heavy atom. The van der Waals surface area contributed by atoms with E-state index in [-0.39, 0.29) is 22.9 Å². The number of nitrogens with zero attached hydrogens (tertiary/aromatic N) is 2. The highest BCUT2D eigenvalue weighted by Crippen LogP contribution is 2.24. The molecule has 2 aliphatic heterocycles. The summed E-state index contributed by atoms with van der Waals surface area (Å²) < 4.78 is 33.0. The van der Waals surface area contributed by atoms with Crippen LogP contribution in [0.2, 0.25) is 0 Å². The van der Waals surface area contributed by atoms with Crippen molar-refractivity contribution in [1.29, 1.82) is 0 Å². The van der Waals surface area contributed by atoms with Gasteiger partial charge in [-0.2, -0.15) is 4.31 Å². The van der Waals surface area contributed by atoms with Gasteiger partial charge < -0.3 is 9.64 Å². The van der Waals surface area contributed by atoms with E-state index in [0.29, 0.717) is 31.8 Å². The number of morpholine rings is 1. The van der Waals surface area contributed by atoms with E-state index in [1.165, 1.54) is 4.31 Å². The van der Waals surface area contributed by atoms with Gasteiger partial charge in [-0.3, -0.25) is 4.79 Å². The maximum Gasteiger partial charge on any atom is 0.254 e. The molecule has 0 aromatic heterocycles. The Labute approximate surface area is 156 Å². The lowest BCUT2D eigenvalue weighted by molar-refractivity contribution is -0.0387. The van der Waals surface area contributed by atoms with Gasteiger partial charge in [0.15, 0.2) is 0 Å². The fourth-order valence-corrected chi connectivity index (χ4v) is 5.13. The Bertz CT molecular complexity index is 772. The first-order valence-electron chi connectivity index (χ1n) is 9.34. The molecule has 0 saturated carbocycles. The van der Waals surface area contributed by atoms with E-state index < -0.39 is 10.0 Å². The third-order valence-corrected chi connectivity index (χ3v) is 7.16. The summed E-state index contributed by atoms with van der Waals surface area (Å²) in [6.45, 7) is 7.86. The van der Waals surface area contributed by atoms with Crippen molar-refractivity contribution in [2.75, 3.05) is 26.2 Å². The summed E-state index contributed by atoms with van der Waals surface area (Å²) in [6.07, 6.45) is 2.83. The van der Waals surface area contributed by atoms with Crippen molar-refractivity contribution < 1.29 is 17.9 Å². The largest absolute Gasteiger partial charge is 0.375 e. The summed E-state index contributed by atoms with van der Waals surface area (Å²) in [5.41, 5.74) is 1.25. The zero-order valence-electron chi connectivity index (χ0n) is 15.8. The zero-order valence-corrected chi connectivity index (χ0v) is 16.6. The van der Waals surface area contributed by atoms with Gasteiger partial charge >= 0.3 is 0 Å². The second-order valence-electron chi connectivity index (χ2n) is 7.39. The number of rotatable bonds is 3. The number of carbonyl (C=O) groups excluding carboxylic acids is 1. The lowest BCUT2D eigenvalue weighted by Crippen LogP contribution is -2.50. The van der Waals surface area contributed by atoms with Crippen LogP contribution in [0.15, 0.2) is 23.1 Å². The van der Waals surface area contributed by atoms with Crippen LogP contribution in [0.25, 0.3) is 0 Å². The SMILES string of the molecule is Cc1ccc(S(=O)(=O)N2CCCCC2)cc1C(=O)N1CC(C)OCC1C. The summed E-state index contributed by atoms with van der Waals surface area (Å²) in [5, 5.41) is 0. The third kappa shape index (κ3) is 3.80. The number of ether oxygens (including phenoxy) is 1. The number of benzene rings is 1. The van der Waals surface area contributed by atoms with Gasteiger partial charge in [-0.15, -0.1) is 0 Å². The molecule has 3 rings (SSSR count). The highest BCUT2D eigenvalue weighted by molar-refractivity contribution is 7.89. The quantitative estimate of drug-likeness (QED) is 0.808. The molecule has 2 heterocycles. The van der Waals surface area contributed by atoms with Gasteiger partial charge in [0.2, 0.25) is 10.0 Å². The first kappa shape index (κ1) is 19.3. The fraction of sp³-hybridized carbons (Fsp3) is 0.632. The average Bonchev–Trinajstić information content (AvgIpc) is 2.64. The molecule has 6 nitrogen and oxygen atoms in total. The molecule has 144 valence electrons. The number of piperidine rings is 1. The molecule has 2 unspecified atom stereocenters. The summed E-state index contributed by atoms with van der Waals surface area (Å²) in [7, 11) is -3.55. The smallest absolute Gasteiger partial charge is 0.254 e. The van der Waals surface area contributed by atoms with Gasteiger partial charge in [0.25, 0.3) is 5.91 Å². The van der Waals surface area contributed by atoms with E-state index in [0.717, 1.165) is 24.8 Å². The fourth-order valence-electron chi connectivity index (χ4n) is 3.59. The van der Waals surface area contributed by atoms with Crippen molar-refractivity contribution in [3.63, 3.8) is 0 Å². The van der Waals surface area contributed by atoms with Crippen LogP contribution in [0.5, 0.6) is 0 Å². The minimum atomic E-state index is -3.55. The lowest BCUT2D eigenvalue weighted by atomic mass is 10.1. The van der Waals surface area contributed by atoms with Crippen LogP contribution in [0.1, 0.15) is 49.0 Å². The van der Waals surface area contributed by atoms with Gasteiger partial charge in [0.1, 0.15) is 0 Å². The summed E-state index contributed by atoms with van der Waals surface area (Å²) in [6, 6.07) is 4.87. The molecular weight excluding hydrogens is 352 g/mol. The first-order valence-corrected chi connectivity index (χ1v) is 10.8. The molecule has 1 amide bonds. The number of aryl methyl sites for hydroxylation is 1.